The third kappa shape index (κ3) is 1.41. The van der Waals surface area contributed by atoms with Crippen LogP contribution in [0.15, 0.2) is 40.9 Å². The summed E-state index contributed by atoms with van der Waals surface area (Å²) in [5, 5.41) is 14.1. The van der Waals surface area contributed by atoms with Gasteiger partial charge in [-0.25, -0.2) is 0 Å². The molecule has 26 heavy (non-hydrogen) atoms. The molecule has 5 aliphatic heterocycles. The fraction of sp³-hybridized carbons (Fsp3) is 0.524. The van der Waals surface area contributed by atoms with Crippen LogP contribution in [-0.2, 0) is 14.9 Å². The van der Waals surface area contributed by atoms with Gasteiger partial charge < -0.3 is 14.6 Å². The number of esters is 1. The van der Waals surface area contributed by atoms with Crippen molar-refractivity contribution in [3.8, 4) is 0 Å². The van der Waals surface area contributed by atoms with Crippen LogP contribution in [0.25, 0.3) is 0 Å². The van der Waals surface area contributed by atoms with E-state index < -0.39 is 0 Å². The molecule has 5 heterocycles. The van der Waals surface area contributed by atoms with E-state index in [9.17, 15) is 10.0 Å². The average molecular weight is 350 g/mol. The van der Waals surface area contributed by atoms with Gasteiger partial charge in [-0.05, 0) is 24.1 Å². The number of hydrogen-bond donors (Lipinski definition) is 0. The van der Waals surface area contributed by atoms with E-state index in [0.29, 0.717) is 12.5 Å². The Morgan fingerprint density at radius 3 is 3.00 bits per heavy atom. The second-order valence-electron chi connectivity index (χ2n) is 8.60. The highest BCUT2D eigenvalue weighted by atomic mass is 16.6. The molecule has 1 aliphatic carbocycles. The van der Waals surface area contributed by atoms with Crippen molar-refractivity contribution < 1.29 is 14.2 Å². The summed E-state index contributed by atoms with van der Waals surface area (Å²) in [5.74, 6) is 0.189. The second kappa shape index (κ2) is 4.46. The van der Waals surface area contributed by atoms with Crippen molar-refractivity contribution in [2.75, 3.05) is 6.54 Å². The highest BCUT2D eigenvalue weighted by Crippen LogP contribution is 2.68. The number of ether oxygens (including phenoxy) is 1. The molecule has 4 saturated heterocycles. The predicted octanol–water partition coefficient (Wildman–Crippen LogP) is 3.01. The maximum atomic E-state index is 14.1. The summed E-state index contributed by atoms with van der Waals surface area (Å²) in [6.45, 7) is 4.09. The zero-order valence-corrected chi connectivity index (χ0v) is 15.0. The minimum Gasteiger partial charge on any atom is -0.632 e. The molecule has 7 atom stereocenters. The molecule has 134 valence electrons. The number of rotatable bonds is 1. The van der Waals surface area contributed by atoms with Crippen LogP contribution in [0.1, 0.15) is 32.3 Å². The van der Waals surface area contributed by atoms with E-state index in [4.69, 9.17) is 9.73 Å². The summed E-state index contributed by atoms with van der Waals surface area (Å²) < 4.78 is 5.82. The Hall–Kier alpha value is -1.98. The molecule has 1 saturated carbocycles. The molecular formula is C21H22N2O3. The molecule has 0 amide bonds. The third-order valence-corrected chi connectivity index (χ3v) is 7.81. The lowest BCUT2D eigenvalue weighted by Crippen LogP contribution is -2.73. The summed E-state index contributed by atoms with van der Waals surface area (Å²) in [6.07, 6.45) is 3.45. The van der Waals surface area contributed by atoms with Crippen molar-refractivity contribution in [3.63, 3.8) is 0 Å². The normalized spacial score (nSPS) is 47.7. The molecule has 1 aromatic rings. The van der Waals surface area contributed by atoms with Crippen LogP contribution in [0, 0.1) is 17.0 Å². The molecule has 0 unspecified atom stereocenters. The van der Waals surface area contributed by atoms with Crippen molar-refractivity contribution in [1.29, 1.82) is 0 Å². The number of carbonyl (C=O) groups excluding carboxylic acids is 1. The maximum absolute atomic E-state index is 14.1. The largest absolute Gasteiger partial charge is 0.632 e. The van der Waals surface area contributed by atoms with Gasteiger partial charge in [0.1, 0.15) is 18.7 Å². The summed E-state index contributed by atoms with van der Waals surface area (Å²) in [5.41, 5.74) is 3.99. The Labute approximate surface area is 152 Å². The van der Waals surface area contributed by atoms with Crippen LogP contribution in [0.3, 0.4) is 0 Å². The first-order valence-electron chi connectivity index (χ1n) is 9.60. The van der Waals surface area contributed by atoms with Gasteiger partial charge in [0.15, 0.2) is 0 Å². The summed E-state index contributed by atoms with van der Waals surface area (Å²) in [4.78, 5) is 17.0. The Morgan fingerprint density at radius 2 is 2.23 bits per heavy atom. The standard InChI is InChI=1S/C21H22N2O3/c1-3-12-10-23(25)16-8-13(12)18-17(23)9-21(20(18)26-11(2)24)14-6-4-5-7-15(14)22-19(16)21/h3-7,13,16-18,20H,8-10H2,1-2H3/b12-3-/t13-,16-,17-,18+,20+,21+,23-/m0/s1. The molecule has 5 bridgehead atoms. The maximum Gasteiger partial charge on any atom is 0.302 e. The molecule has 1 aromatic carbocycles. The van der Waals surface area contributed by atoms with Crippen molar-refractivity contribution in [1.82, 2.24) is 0 Å². The number of allylic oxidation sites excluding steroid dienone is 1. The quantitative estimate of drug-likeness (QED) is 0.338. The zero-order valence-electron chi connectivity index (χ0n) is 15.0. The van der Waals surface area contributed by atoms with Crippen molar-refractivity contribution >= 4 is 17.4 Å². The van der Waals surface area contributed by atoms with Crippen molar-refractivity contribution in [3.05, 3.63) is 46.7 Å². The van der Waals surface area contributed by atoms with Crippen molar-refractivity contribution in [2.24, 2.45) is 16.8 Å². The number of para-hydroxylation sites is 1. The van der Waals surface area contributed by atoms with E-state index in [1.165, 1.54) is 12.5 Å². The summed E-state index contributed by atoms with van der Waals surface area (Å²) in [6, 6.07) is 8.10. The molecule has 0 radical (unpaired) electrons. The fourth-order valence-electron chi connectivity index (χ4n) is 7.06. The van der Waals surface area contributed by atoms with Gasteiger partial charge >= 0.3 is 5.97 Å². The van der Waals surface area contributed by atoms with E-state index in [2.05, 4.69) is 12.1 Å². The number of fused-ring (bicyclic) bond motifs is 2. The smallest absolute Gasteiger partial charge is 0.302 e. The Morgan fingerprint density at radius 1 is 1.42 bits per heavy atom. The molecule has 1 spiro atoms. The predicted molar refractivity (Wildman–Crippen MR) is 96.8 cm³/mol. The van der Waals surface area contributed by atoms with Gasteiger partial charge in [0, 0.05) is 25.7 Å². The van der Waals surface area contributed by atoms with E-state index >= 15 is 0 Å². The lowest BCUT2D eigenvalue weighted by atomic mass is 9.66. The molecule has 0 N–H and O–H groups in total. The van der Waals surface area contributed by atoms with Gasteiger partial charge in [-0.3, -0.25) is 9.79 Å². The Kier molecular flexibility index (Phi) is 2.59. The van der Waals surface area contributed by atoms with Gasteiger partial charge in [-0.1, -0.05) is 24.3 Å². The van der Waals surface area contributed by atoms with Crippen LogP contribution < -0.4 is 0 Å². The van der Waals surface area contributed by atoms with E-state index in [1.54, 1.807) is 0 Å². The molecule has 5 nitrogen and oxygen atoms in total. The monoisotopic (exact) mass is 350 g/mol. The first-order valence-corrected chi connectivity index (χ1v) is 9.60. The molecule has 0 aromatic heterocycles. The minimum atomic E-state index is -0.383. The van der Waals surface area contributed by atoms with Crippen LogP contribution in [0.2, 0.25) is 0 Å². The average Bonchev–Trinajstić information content (AvgIpc) is 3.08. The number of hydrogen-bond acceptors (Lipinski definition) is 4. The van der Waals surface area contributed by atoms with Crippen LogP contribution >= 0.6 is 0 Å². The van der Waals surface area contributed by atoms with E-state index in [1.807, 2.05) is 25.1 Å². The highest BCUT2D eigenvalue weighted by Gasteiger charge is 2.78. The fourth-order valence-corrected chi connectivity index (χ4v) is 7.06. The van der Waals surface area contributed by atoms with E-state index in [0.717, 1.165) is 29.8 Å². The van der Waals surface area contributed by atoms with Gasteiger partial charge in [0.05, 0.1) is 28.8 Å². The first kappa shape index (κ1) is 15.1. The van der Waals surface area contributed by atoms with Crippen LogP contribution in [0.5, 0.6) is 0 Å². The zero-order chi connectivity index (χ0) is 17.8. The topological polar surface area (TPSA) is 61.7 Å². The summed E-state index contributed by atoms with van der Waals surface area (Å²) >= 11 is 0. The van der Waals surface area contributed by atoms with E-state index in [-0.39, 0.29) is 40.1 Å². The molecular weight excluding hydrogens is 328 g/mol. The minimum absolute atomic E-state index is 0.0110. The number of benzene rings is 1. The molecule has 7 rings (SSSR count). The van der Waals surface area contributed by atoms with Crippen LogP contribution in [0.4, 0.5) is 5.69 Å². The lowest BCUT2D eigenvalue weighted by Gasteiger charge is -2.65. The Balaban J connectivity index is 1.64. The number of aliphatic imine (C=N–C) groups is 1. The number of carbonyl (C=O) groups is 1. The highest BCUT2D eigenvalue weighted by molar-refractivity contribution is 6.07. The Bertz CT molecular complexity index is 922. The molecule has 6 aliphatic rings. The van der Waals surface area contributed by atoms with Gasteiger partial charge in [-0.2, -0.15) is 0 Å². The molecule has 5 heteroatoms. The molecule has 5 fully saturated rings. The second-order valence-corrected chi connectivity index (χ2v) is 8.60. The first-order chi connectivity index (χ1) is 12.5. The number of quaternary nitrogens is 1. The SMILES string of the molecule is C/C=C1/C[N@+]2([O-])[C@H]3C[C@@H]1[C@H]1[C@@H](OC(C)=O)[C@@]4(C[C@@H]12)C3=Nc1ccccc14. The number of hydroxylamine groups is 3. The summed E-state index contributed by atoms with van der Waals surface area (Å²) in [7, 11) is 0. The lowest BCUT2D eigenvalue weighted by molar-refractivity contribution is -0.934. The van der Waals surface area contributed by atoms with Gasteiger partial charge in [0.2, 0.25) is 0 Å². The van der Waals surface area contributed by atoms with Crippen LogP contribution in [-0.4, -0.2) is 41.1 Å². The van der Waals surface area contributed by atoms with Gasteiger partial charge in [-0.15, -0.1) is 0 Å². The van der Waals surface area contributed by atoms with Gasteiger partial charge in [0.25, 0.3) is 0 Å². The number of piperidine rings is 4. The number of nitrogens with zero attached hydrogens (tertiary/aromatic N) is 2. The third-order valence-electron chi connectivity index (χ3n) is 7.81. The van der Waals surface area contributed by atoms with Crippen molar-refractivity contribution in [2.45, 2.75) is 50.3 Å².